The van der Waals surface area contributed by atoms with Crippen LogP contribution in [0.2, 0.25) is 5.02 Å². The number of hydrogen-bond acceptors (Lipinski definition) is 5. The second-order valence-electron chi connectivity index (χ2n) is 4.35. The third-order valence-corrected chi connectivity index (χ3v) is 3.29. The minimum absolute atomic E-state index is 0.183. The maximum Gasteiger partial charge on any atom is 0.274 e. The number of carbonyl (C=O) groups excluding carboxylic acids is 1. The van der Waals surface area contributed by atoms with E-state index in [1.54, 1.807) is 29.4 Å². The van der Waals surface area contributed by atoms with Gasteiger partial charge in [0, 0.05) is 25.5 Å². The van der Waals surface area contributed by atoms with Gasteiger partial charge >= 0.3 is 0 Å². The fraction of sp³-hybridized carbons (Fsp3) is 0.214. The molecule has 0 aliphatic heterocycles. The second kappa shape index (κ2) is 7.01. The van der Waals surface area contributed by atoms with Crippen LogP contribution in [0.25, 0.3) is 0 Å². The minimum atomic E-state index is -0.239. The number of rotatable bonds is 5. The Hall–Kier alpha value is -2.18. The molecule has 0 radical (unpaired) electrons. The van der Waals surface area contributed by atoms with E-state index in [1.807, 2.05) is 19.1 Å². The second-order valence-corrected chi connectivity index (χ2v) is 4.75. The number of amides is 1. The largest absolute Gasteiger partial charge is 0.333 e. The Balaban J connectivity index is 2.24. The average molecular weight is 306 g/mol. The fourth-order valence-corrected chi connectivity index (χ4v) is 2.04. The molecule has 0 saturated carbocycles. The molecule has 21 heavy (non-hydrogen) atoms. The standard InChI is InChI=1S/C14H16ClN5O/c1-2-20(9-10-5-7-17-8-6-10)14(21)13-11(15)3-4-12(18-13)19-16/h3-8H,2,9,16H2,1H3,(H,18,19). The molecule has 1 amide bonds. The molecule has 7 heteroatoms. The first-order chi connectivity index (χ1) is 10.2. The van der Waals surface area contributed by atoms with Crippen LogP contribution in [0.1, 0.15) is 23.0 Å². The number of carbonyl (C=O) groups is 1. The number of halogens is 1. The van der Waals surface area contributed by atoms with Gasteiger partial charge in [0.1, 0.15) is 11.5 Å². The van der Waals surface area contributed by atoms with E-state index in [1.165, 1.54) is 0 Å². The van der Waals surface area contributed by atoms with E-state index >= 15 is 0 Å². The zero-order valence-electron chi connectivity index (χ0n) is 11.6. The van der Waals surface area contributed by atoms with Crippen molar-refractivity contribution in [2.75, 3.05) is 12.0 Å². The lowest BCUT2D eigenvalue weighted by atomic mass is 10.2. The zero-order valence-corrected chi connectivity index (χ0v) is 12.3. The molecule has 6 nitrogen and oxygen atoms in total. The molecule has 2 aromatic rings. The molecule has 0 aromatic carbocycles. The Bertz CT molecular complexity index is 620. The van der Waals surface area contributed by atoms with E-state index in [9.17, 15) is 4.79 Å². The van der Waals surface area contributed by atoms with Crippen molar-refractivity contribution >= 4 is 23.3 Å². The summed E-state index contributed by atoms with van der Waals surface area (Å²) in [6, 6.07) is 6.93. The van der Waals surface area contributed by atoms with Crippen LogP contribution in [0.5, 0.6) is 0 Å². The van der Waals surface area contributed by atoms with Gasteiger partial charge in [0.2, 0.25) is 0 Å². The van der Waals surface area contributed by atoms with Gasteiger partial charge < -0.3 is 10.3 Å². The van der Waals surface area contributed by atoms with E-state index in [4.69, 9.17) is 17.4 Å². The highest BCUT2D eigenvalue weighted by Gasteiger charge is 2.19. The van der Waals surface area contributed by atoms with Crippen LogP contribution >= 0.6 is 11.6 Å². The van der Waals surface area contributed by atoms with Crippen LogP contribution in [-0.4, -0.2) is 27.3 Å². The Labute approximate surface area is 127 Å². The van der Waals surface area contributed by atoms with Crippen LogP contribution in [-0.2, 0) is 6.54 Å². The van der Waals surface area contributed by atoms with Crippen molar-refractivity contribution < 1.29 is 4.79 Å². The maximum atomic E-state index is 12.6. The molecule has 0 spiro atoms. The normalized spacial score (nSPS) is 10.2. The van der Waals surface area contributed by atoms with Gasteiger partial charge in [0.15, 0.2) is 0 Å². The van der Waals surface area contributed by atoms with E-state index in [2.05, 4.69) is 15.4 Å². The smallest absolute Gasteiger partial charge is 0.274 e. The highest BCUT2D eigenvalue weighted by Crippen LogP contribution is 2.19. The number of nitrogens with zero attached hydrogens (tertiary/aromatic N) is 3. The van der Waals surface area contributed by atoms with E-state index < -0.39 is 0 Å². The summed E-state index contributed by atoms with van der Waals surface area (Å²) in [5, 5.41) is 0.298. The predicted molar refractivity (Wildman–Crippen MR) is 81.7 cm³/mol. The van der Waals surface area contributed by atoms with Gasteiger partial charge in [-0.25, -0.2) is 10.8 Å². The zero-order chi connectivity index (χ0) is 15.2. The molecule has 2 heterocycles. The molecule has 2 aromatic heterocycles. The summed E-state index contributed by atoms with van der Waals surface area (Å²) < 4.78 is 0. The Morgan fingerprint density at radius 3 is 2.67 bits per heavy atom. The van der Waals surface area contributed by atoms with Crippen LogP contribution in [0, 0.1) is 0 Å². The molecule has 0 saturated heterocycles. The summed E-state index contributed by atoms with van der Waals surface area (Å²) in [5.74, 6) is 5.47. The molecular formula is C14H16ClN5O. The topological polar surface area (TPSA) is 84.1 Å². The van der Waals surface area contributed by atoms with E-state index in [0.717, 1.165) is 5.56 Å². The molecule has 0 fully saturated rings. The third kappa shape index (κ3) is 3.68. The molecule has 0 aliphatic carbocycles. The van der Waals surface area contributed by atoms with Gasteiger partial charge in [-0.3, -0.25) is 9.78 Å². The van der Waals surface area contributed by atoms with Crippen molar-refractivity contribution in [3.63, 3.8) is 0 Å². The Morgan fingerprint density at radius 2 is 2.05 bits per heavy atom. The van der Waals surface area contributed by atoms with Crippen molar-refractivity contribution in [1.29, 1.82) is 0 Å². The van der Waals surface area contributed by atoms with Crippen molar-refractivity contribution in [3.05, 3.63) is 52.9 Å². The highest BCUT2D eigenvalue weighted by atomic mass is 35.5. The lowest BCUT2D eigenvalue weighted by Crippen LogP contribution is -2.31. The minimum Gasteiger partial charge on any atom is -0.333 e. The van der Waals surface area contributed by atoms with Gasteiger partial charge in [-0.05, 0) is 36.8 Å². The maximum absolute atomic E-state index is 12.6. The Kier molecular flexibility index (Phi) is 5.08. The van der Waals surface area contributed by atoms with Gasteiger partial charge in [0.05, 0.1) is 5.02 Å². The number of aromatic nitrogens is 2. The first-order valence-electron chi connectivity index (χ1n) is 6.47. The first-order valence-corrected chi connectivity index (χ1v) is 6.84. The van der Waals surface area contributed by atoms with Gasteiger partial charge in [-0.1, -0.05) is 11.6 Å². The molecule has 110 valence electrons. The van der Waals surface area contributed by atoms with Gasteiger partial charge in [-0.2, -0.15) is 0 Å². The average Bonchev–Trinajstić information content (AvgIpc) is 2.53. The molecule has 0 unspecified atom stereocenters. The third-order valence-electron chi connectivity index (χ3n) is 2.99. The SMILES string of the molecule is CCN(Cc1ccncc1)C(=O)c1nc(NN)ccc1Cl. The monoisotopic (exact) mass is 305 g/mol. The van der Waals surface area contributed by atoms with Gasteiger partial charge in [0.25, 0.3) is 5.91 Å². The van der Waals surface area contributed by atoms with Crippen LogP contribution in [0.4, 0.5) is 5.82 Å². The quantitative estimate of drug-likeness (QED) is 0.652. The lowest BCUT2D eigenvalue weighted by Gasteiger charge is -2.21. The van der Waals surface area contributed by atoms with Gasteiger partial charge in [-0.15, -0.1) is 0 Å². The molecule has 0 atom stereocenters. The summed E-state index contributed by atoms with van der Waals surface area (Å²) in [6.07, 6.45) is 3.38. The van der Waals surface area contributed by atoms with E-state index in [-0.39, 0.29) is 11.6 Å². The van der Waals surface area contributed by atoms with Crippen molar-refractivity contribution in [3.8, 4) is 0 Å². The summed E-state index contributed by atoms with van der Waals surface area (Å²) in [6.45, 7) is 2.91. The van der Waals surface area contributed by atoms with Crippen LogP contribution in [0.15, 0.2) is 36.7 Å². The van der Waals surface area contributed by atoms with Crippen LogP contribution < -0.4 is 11.3 Å². The molecule has 2 rings (SSSR count). The Morgan fingerprint density at radius 1 is 1.33 bits per heavy atom. The van der Waals surface area contributed by atoms with E-state index in [0.29, 0.717) is 23.9 Å². The number of nitrogens with one attached hydrogen (secondary N) is 1. The van der Waals surface area contributed by atoms with Crippen molar-refractivity contribution in [2.45, 2.75) is 13.5 Å². The summed E-state index contributed by atoms with van der Waals surface area (Å²) >= 11 is 6.06. The van der Waals surface area contributed by atoms with Crippen LogP contribution in [0.3, 0.4) is 0 Å². The predicted octanol–water partition coefficient (Wildman–Crippen LogP) is 2.08. The number of pyridine rings is 2. The number of hydrazine groups is 1. The van der Waals surface area contributed by atoms with Crippen molar-refractivity contribution in [1.82, 2.24) is 14.9 Å². The summed E-state index contributed by atoms with van der Waals surface area (Å²) in [7, 11) is 0. The van der Waals surface area contributed by atoms with Crippen molar-refractivity contribution in [2.24, 2.45) is 5.84 Å². The molecule has 3 N–H and O–H groups in total. The lowest BCUT2D eigenvalue weighted by molar-refractivity contribution is 0.0747. The first kappa shape index (κ1) is 15.2. The number of anilines is 1. The molecule has 0 aliphatic rings. The fourth-order valence-electron chi connectivity index (χ4n) is 1.86. The highest BCUT2D eigenvalue weighted by molar-refractivity contribution is 6.33. The number of nitrogen functional groups attached to an aromatic ring is 1. The summed E-state index contributed by atoms with van der Waals surface area (Å²) in [4.78, 5) is 22.3. The summed E-state index contributed by atoms with van der Waals surface area (Å²) in [5.41, 5.74) is 3.58. The molecule has 0 bridgehead atoms. The number of nitrogens with two attached hydrogens (primary N) is 1. The number of hydrogen-bond donors (Lipinski definition) is 2. The molecular weight excluding hydrogens is 290 g/mol.